The zero-order valence-corrected chi connectivity index (χ0v) is 18.7. The standard InChI is InChI=1S/C22H28N4O5S/c27-21(23-14-18-2-1-13-30-18)16-9-11-26(12-10-16)32(28,29)19-7-5-15(6-8-19)20-24-22(31-25-20)17-3-4-17/h5-8,16-18H,1-4,9-14H2,(H,23,27)/t18-/m0/s1. The van der Waals surface area contributed by atoms with Gasteiger partial charge in [0.05, 0.1) is 11.0 Å². The minimum Gasteiger partial charge on any atom is -0.376 e. The highest BCUT2D eigenvalue weighted by Gasteiger charge is 2.33. The summed E-state index contributed by atoms with van der Waals surface area (Å²) in [6, 6.07) is 6.58. The van der Waals surface area contributed by atoms with Gasteiger partial charge in [-0.25, -0.2) is 8.42 Å². The van der Waals surface area contributed by atoms with Crippen molar-refractivity contribution in [3.63, 3.8) is 0 Å². The van der Waals surface area contributed by atoms with Crippen LogP contribution in [0.1, 0.15) is 50.3 Å². The first-order valence-corrected chi connectivity index (χ1v) is 12.8. The van der Waals surface area contributed by atoms with E-state index < -0.39 is 10.0 Å². The fraction of sp³-hybridized carbons (Fsp3) is 0.591. The Labute approximate surface area is 187 Å². The number of nitrogens with one attached hydrogen (secondary N) is 1. The Bertz CT molecular complexity index is 1050. The van der Waals surface area contributed by atoms with Crippen molar-refractivity contribution >= 4 is 15.9 Å². The van der Waals surface area contributed by atoms with Gasteiger partial charge in [0, 0.05) is 43.6 Å². The summed E-state index contributed by atoms with van der Waals surface area (Å²) < 4.78 is 38.4. The summed E-state index contributed by atoms with van der Waals surface area (Å²) in [5.41, 5.74) is 0.723. The summed E-state index contributed by atoms with van der Waals surface area (Å²) >= 11 is 0. The van der Waals surface area contributed by atoms with E-state index in [4.69, 9.17) is 9.26 Å². The molecule has 3 fully saturated rings. The number of rotatable bonds is 7. The van der Waals surface area contributed by atoms with Crippen molar-refractivity contribution in [2.75, 3.05) is 26.2 Å². The van der Waals surface area contributed by atoms with Crippen molar-refractivity contribution in [1.29, 1.82) is 0 Å². The number of carbonyl (C=O) groups excluding carboxylic acids is 1. The smallest absolute Gasteiger partial charge is 0.243 e. The molecule has 0 unspecified atom stereocenters. The lowest BCUT2D eigenvalue weighted by Gasteiger charge is -2.30. The van der Waals surface area contributed by atoms with Crippen molar-refractivity contribution in [2.45, 2.75) is 55.4 Å². The van der Waals surface area contributed by atoms with E-state index in [0.717, 1.165) is 37.9 Å². The maximum Gasteiger partial charge on any atom is 0.243 e. The SMILES string of the molecule is O=C(NC[C@@H]1CCCO1)C1CCN(S(=O)(=O)c2ccc(-c3noc(C4CC4)n3)cc2)CC1. The number of piperidine rings is 1. The van der Waals surface area contributed by atoms with Gasteiger partial charge in [-0.1, -0.05) is 5.16 Å². The van der Waals surface area contributed by atoms with E-state index >= 15 is 0 Å². The van der Waals surface area contributed by atoms with Crippen LogP contribution >= 0.6 is 0 Å². The second-order valence-corrected chi connectivity index (χ2v) is 10.8. The molecule has 1 aromatic carbocycles. The summed E-state index contributed by atoms with van der Waals surface area (Å²) in [5.74, 6) is 1.33. The molecule has 3 aliphatic rings. The summed E-state index contributed by atoms with van der Waals surface area (Å²) in [6.45, 7) is 1.95. The first-order valence-electron chi connectivity index (χ1n) is 11.3. The van der Waals surface area contributed by atoms with E-state index in [9.17, 15) is 13.2 Å². The van der Waals surface area contributed by atoms with Gasteiger partial charge in [-0.2, -0.15) is 9.29 Å². The average molecular weight is 461 g/mol. The molecular weight excluding hydrogens is 432 g/mol. The zero-order chi connectivity index (χ0) is 22.1. The topological polar surface area (TPSA) is 115 Å². The van der Waals surface area contributed by atoms with Gasteiger partial charge in [-0.3, -0.25) is 4.79 Å². The number of sulfonamides is 1. The molecule has 172 valence electrons. The average Bonchev–Trinajstić information content (AvgIpc) is 3.32. The third-order valence-corrected chi connectivity index (χ3v) is 8.38. The maximum atomic E-state index is 13.1. The first kappa shape index (κ1) is 21.5. The molecule has 0 spiro atoms. The van der Waals surface area contributed by atoms with E-state index in [1.807, 2.05) is 0 Å². The number of amides is 1. The Kier molecular flexibility index (Phi) is 6.00. The largest absolute Gasteiger partial charge is 0.376 e. The molecule has 2 saturated heterocycles. The van der Waals surface area contributed by atoms with Gasteiger partial charge < -0.3 is 14.6 Å². The highest BCUT2D eigenvalue weighted by Crippen LogP contribution is 2.39. The number of nitrogens with zero attached hydrogens (tertiary/aromatic N) is 3. The Morgan fingerprint density at radius 3 is 2.50 bits per heavy atom. The van der Waals surface area contributed by atoms with Crippen LogP contribution in [0.2, 0.25) is 0 Å². The minimum atomic E-state index is -3.62. The molecular formula is C22H28N4O5S. The lowest BCUT2D eigenvalue weighted by atomic mass is 9.97. The van der Waals surface area contributed by atoms with Gasteiger partial charge in [0.1, 0.15) is 0 Å². The maximum absolute atomic E-state index is 13.1. The van der Waals surface area contributed by atoms with Crippen LogP contribution < -0.4 is 5.32 Å². The van der Waals surface area contributed by atoms with Crippen LogP contribution in [0, 0.1) is 5.92 Å². The van der Waals surface area contributed by atoms with E-state index in [2.05, 4.69) is 15.5 Å². The van der Waals surface area contributed by atoms with Gasteiger partial charge in [0.25, 0.3) is 0 Å². The minimum absolute atomic E-state index is 0.00687. The third kappa shape index (κ3) is 4.57. The van der Waals surface area contributed by atoms with Gasteiger partial charge in [-0.15, -0.1) is 0 Å². The van der Waals surface area contributed by atoms with Gasteiger partial charge in [0.2, 0.25) is 27.6 Å². The lowest BCUT2D eigenvalue weighted by Crippen LogP contribution is -2.44. The molecule has 1 aliphatic carbocycles. The Morgan fingerprint density at radius 2 is 1.84 bits per heavy atom. The zero-order valence-electron chi connectivity index (χ0n) is 17.9. The normalized spacial score (nSPS) is 22.8. The first-order chi connectivity index (χ1) is 15.5. The van der Waals surface area contributed by atoms with Gasteiger partial charge >= 0.3 is 0 Å². The number of benzene rings is 1. The molecule has 3 heterocycles. The van der Waals surface area contributed by atoms with Crippen molar-refractivity contribution in [2.24, 2.45) is 5.92 Å². The monoisotopic (exact) mass is 460 g/mol. The van der Waals surface area contributed by atoms with Crippen LogP contribution in [0.3, 0.4) is 0 Å². The molecule has 9 nitrogen and oxygen atoms in total. The molecule has 32 heavy (non-hydrogen) atoms. The Hall–Kier alpha value is -2.30. The van der Waals surface area contributed by atoms with E-state index in [-0.39, 0.29) is 22.8 Å². The predicted molar refractivity (Wildman–Crippen MR) is 115 cm³/mol. The third-order valence-electron chi connectivity index (χ3n) is 6.47. The highest BCUT2D eigenvalue weighted by atomic mass is 32.2. The van der Waals surface area contributed by atoms with Gasteiger partial charge in [0.15, 0.2) is 0 Å². The number of hydrogen-bond acceptors (Lipinski definition) is 7. The molecule has 0 bridgehead atoms. The molecule has 1 N–H and O–H groups in total. The molecule has 1 aromatic heterocycles. The molecule has 0 radical (unpaired) electrons. The summed E-state index contributed by atoms with van der Waals surface area (Å²) in [7, 11) is -3.62. The number of hydrogen-bond donors (Lipinski definition) is 1. The molecule has 1 saturated carbocycles. The van der Waals surface area contributed by atoms with E-state index in [0.29, 0.717) is 50.1 Å². The Morgan fingerprint density at radius 1 is 1.09 bits per heavy atom. The fourth-order valence-corrected chi connectivity index (χ4v) is 5.77. The molecule has 2 aromatic rings. The van der Waals surface area contributed by atoms with Crippen LogP contribution in [0.4, 0.5) is 0 Å². The van der Waals surface area contributed by atoms with Crippen molar-refractivity contribution in [1.82, 2.24) is 19.8 Å². The van der Waals surface area contributed by atoms with Crippen LogP contribution in [0.25, 0.3) is 11.4 Å². The lowest BCUT2D eigenvalue weighted by molar-refractivity contribution is -0.126. The summed E-state index contributed by atoms with van der Waals surface area (Å²) in [5, 5.41) is 6.97. The van der Waals surface area contributed by atoms with Crippen LogP contribution in [0.5, 0.6) is 0 Å². The van der Waals surface area contributed by atoms with E-state index in [1.54, 1.807) is 24.3 Å². The second kappa shape index (κ2) is 8.92. The van der Waals surface area contributed by atoms with Crippen LogP contribution in [-0.2, 0) is 19.6 Å². The Balaban J connectivity index is 1.17. The van der Waals surface area contributed by atoms with Crippen molar-refractivity contribution in [3.05, 3.63) is 30.2 Å². The predicted octanol–water partition coefficient (Wildman–Crippen LogP) is 2.31. The molecule has 1 atom stereocenters. The fourth-order valence-electron chi connectivity index (χ4n) is 4.30. The molecule has 2 aliphatic heterocycles. The summed E-state index contributed by atoms with van der Waals surface area (Å²) in [4.78, 5) is 17.1. The summed E-state index contributed by atoms with van der Waals surface area (Å²) in [6.07, 6.45) is 5.30. The number of ether oxygens (including phenoxy) is 1. The van der Waals surface area contributed by atoms with Crippen LogP contribution in [0.15, 0.2) is 33.7 Å². The van der Waals surface area contributed by atoms with Crippen LogP contribution in [-0.4, -0.2) is 61.1 Å². The molecule has 5 rings (SSSR count). The van der Waals surface area contributed by atoms with Crippen molar-refractivity contribution < 1.29 is 22.5 Å². The van der Waals surface area contributed by atoms with Crippen molar-refractivity contribution in [3.8, 4) is 11.4 Å². The number of carbonyl (C=O) groups is 1. The quantitative estimate of drug-likeness (QED) is 0.674. The van der Waals surface area contributed by atoms with E-state index in [1.165, 1.54) is 4.31 Å². The molecule has 10 heteroatoms. The second-order valence-electron chi connectivity index (χ2n) is 8.81. The molecule has 1 amide bonds. The van der Waals surface area contributed by atoms with Gasteiger partial charge in [-0.05, 0) is 62.8 Å². The highest BCUT2D eigenvalue weighted by molar-refractivity contribution is 7.89. The number of aromatic nitrogens is 2.